The molecule has 0 radical (unpaired) electrons. The molecule has 0 unspecified atom stereocenters. The van der Waals surface area contributed by atoms with Crippen LogP contribution in [-0.2, 0) is 36.8 Å². The molecule has 39 heavy (non-hydrogen) atoms. The quantitative estimate of drug-likeness (QED) is 0.307. The highest BCUT2D eigenvalue weighted by Crippen LogP contribution is 2.44. The van der Waals surface area contributed by atoms with Crippen LogP contribution in [0, 0.1) is 5.82 Å². The molecule has 1 spiro atoms. The molecule has 5 rings (SSSR count). The Labute approximate surface area is 225 Å². The summed E-state index contributed by atoms with van der Waals surface area (Å²) in [5.74, 6) is -2.21. The summed E-state index contributed by atoms with van der Waals surface area (Å²) in [5.41, 5.74) is 7.82. The van der Waals surface area contributed by atoms with E-state index in [4.69, 9.17) is 4.74 Å². The SMILES string of the molecule is CC1(C)OC[C@@]2(CCc3ccc(CNNC(=O)c4ccc(C(F)(F)F)c(F)c4)cc3C2)N1Cc1ccccc1. The Hall–Kier alpha value is -3.27. The Morgan fingerprint density at radius 1 is 1.00 bits per heavy atom. The summed E-state index contributed by atoms with van der Waals surface area (Å²) in [6.45, 7) is 5.97. The summed E-state index contributed by atoms with van der Waals surface area (Å²) in [5, 5.41) is 0. The molecule has 3 aromatic carbocycles. The van der Waals surface area contributed by atoms with E-state index >= 15 is 0 Å². The van der Waals surface area contributed by atoms with Crippen molar-refractivity contribution < 1.29 is 27.1 Å². The maximum absolute atomic E-state index is 13.8. The van der Waals surface area contributed by atoms with Gasteiger partial charge in [-0.3, -0.25) is 15.1 Å². The third-order valence-corrected chi connectivity index (χ3v) is 7.78. The molecule has 2 aliphatic rings. The minimum atomic E-state index is -4.82. The number of hydrazine groups is 1. The number of carbonyl (C=O) groups is 1. The van der Waals surface area contributed by atoms with Crippen LogP contribution >= 0.6 is 0 Å². The molecule has 1 aliphatic heterocycles. The van der Waals surface area contributed by atoms with Gasteiger partial charge in [0.05, 0.1) is 17.7 Å². The second-order valence-electron chi connectivity index (χ2n) is 10.8. The molecule has 0 bridgehead atoms. The normalized spacial score (nSPS) is 20.7. The molecular formula is C30H31F4N3O2. The highest BCUT2D eigenvalue weighted by Gasteiger charge is 2.52. The number of alkyl halides is 3. The lowest BCUT2D eigenvalue weighted by molar-refractivity contribution is -0.140. The van der Waals surface area contributed by atoms with Crippen molar-refractivity contribution >= 4 is 5.91 Å². The van der Waals surface area contributed by atoms with Gasteiger partial charge in [-0.2, -0.15) is 13.2 Å². The van der Waals surface area contributed by atoms with Gasteiger partial charge in [-0.05, 0) is 73.6 Å². The first-order valence-electron chi connectivity index (χ1n) is 12.9. The molecule has 1 amide bonds. The van der Waals surface area contributed by atoms with Gasteiger partial charge in [0.1, 0.15) is 11.5 Å². The molecule has 9 heteroatoms. The van der Waals surface area contributed by atoms with Crippen molar-refractivity contribution in [3.8, 4) is 0 Å². The van der Waals surface area contributed by atoms with Gasteiger partial charge in [0.25, 0.3) is 5.91 Å². The molecular weight excluding hydrogens is 510 g/mol. The summed E-state index contributed by atoms with van der Waals surface area (Å²) >= 11 is 0. The van der Waals surface area contributed by atoms with Crippen molar-refractivity contribution in [1.82, 2.24) is 15.8 Å². The van der Waals surface area contributed by atoms with Gasteiger partial charge in [-0.25, -0.2) is 9.82 Å². The number of ether oxygens (including phenoxy) is 1. The highest BCUT2D eigenvalue weighted by molar-refractivity contribution is 5.93. The first kappa shape index (κ1) is 27.3. The predicted octanol–water partition coefficient (Wildman–Crippen LogP) is 5.78. The average Bonchev–Trinajstić information content (AvgIpc) is 3.13. The molecule has 3 aromatic rings. The topological polar surface area (TPSA) is 53.6 Å². The molecule has 1 aliphatic carbocycles. The fraction of sp³-hybridized carbons (Fsp3) is 0.367. The maximum Gasteiger partial charge on any atom is 0.419 e. The van der Waals surface area contributed by atoms with Crippen molar-refractivity contribution in [2.75, 3.05) is 6.61 Å². The summed E-state index contributed by atoms with van der Waals surface area (Å²) in [7, 11) is 0. The van der Waals surface area contributed by atoms with Gasteiger partial charge in [-0.15, -0.1) is 0 Å². The van der Waals surface area contributed by atoms with Gasteiger partial charge in [-0.1, -0.05) is 48.5 Å². The van der Waals surface area contributed by atoms with Crippen LogP contribution in [0.2, 0.25) is 0 Å². The number of nitrogens with one attached hydrogen (secondary N) is 2. The zero-order valence-corrected chi connectivity index (χ0v) is 21.9. The fourth-order valence-corrected chi connectivity index (χ4v) is 5.71. The third kappa shape index (κ3) is 5.71. The maximum atomic E-state index is 13.8. The van der Waals surface area contributed by atoms with Crippen LogP contribution in [0.15, 0.2) is 66.7 Å². The van der Waals surface area contributed by atoms with E-state index in [0.717, 1.165) is 37.4 Å². The number of halogens is 4. The smallest absolute Gasteiger partial charge is 0.359 e. The van der Waals surface area contributed by atoms with E-state index < -0.39 is 29.2 Å². The summed E-state index contributed by atoms with van der Waals surface area (Å²) in [4.78, 5) is 14.8. The van der Waals surface area contributed by atoms with Crippen LogP contribution in [0.3, 0.4) is 0 Å². The fourth-order valence-electron chi connectivity index (χ4n) is 5.71. The summed E-state index contributed by atoms with van der Waals surface area (Å²) < 4.78 is 58.5. The van der Waals surface area contributed by atoms with Crippen molar-refractivity contribution in [2.45, 2.75) is 63.6 Å². The molecule has 5 nitrogen and oxygen atoms in total. The first-order valence-corrected chi connectivity index (χ1v) is 12.9. The minimum Gasteiger partial charge on any atom is -0.359 e. The van der Waals surface area contributed by atoms with Crippen LogP contribution < -0.4 is 10.9 Å². The number of hydrogen-bond acceptors (Lipinski definition) is 4. The zero-order valence-electron chi connectivity index (χ0n) is 21.9. The number of fused-ring (bicyclic) bond motifs is 1. The molecule has 206 valence electrons. The van der Waals surface area contributed by atoms with E-state index in [-0.39, 0.29) is 11.1 Å². The largest absolute Gasteiger partial charge is 0.419 e. The van der Waals surface area contributed by atoms with Crippen LogP contribution in [0.1, 0.15) is 58.4 Å². The predicted molar refractivity (Wildman–Crippen MR) is 139 cm³/mol. The van der Waals surface area contributed by atoms with Gasteiger partial charge in [0, 0.05) is 18.7 Å². The lowest BCUT2D eigenvalue weighted by Gasteiger charge is -2.45. The first-order chi connectivity index (χ1) is 18.5. The van der Waals surface area contributed by atoms with Gasteiger partial charge in [0.2, 0.25) is 0 Å². The monoisotopic (exact) mass is 541 g/mol. The van der Waals surface area contributed by atoms with Crippen molar-refractivity contribution in [3.63, 3.8) is 0 Å². The van der Waals surface area contributed by atoms with Gasteiger partial charge >= 0.3 is 6.18 Å². The molecule has 1 saturated heterocycles. The van der Waals surface area contributed by atoms with E-state index in [9.17, 15) is 22.4 Å². The molecule has 1 atom stereocenters. The van der Waals surface area contributed by atoms with Crippen LogP contribution in [0.25, 0.3) is 0 Å². The molecule has 0 saturated carbocycles. The van der Waals surface area contributed by atoms with E-state index in [2.05, 4.69) is 53.9 Å². The Morgan fingerprint density at radius 3 is 2.49 bits per heavy atom. The van der Waals surface area contributed by atoms with Gasteiger partial charge < -0.3 is 4.74 Å². The molecule has 0 aromatic heterocycles. The third-order valence-electron chi connectivity index (χ3n) is 7.78. The molecule has 1 heterocycles. The number of nitrogens with zero attached hydrogens (tertiary/aromatic N) is 1. The number of benzene rings is 3. The number of rotatable bonds is 6. The second kappa shape index (κ2) is 10.4. The van der Waals surface area contributed by atoms with E-state index in [1.54, 1.807) is 0 Å². The van der Waals surface area contributed by atoms with Crippen LogP contribution in [-0.4, -0.2) is 28.7 Å². The number of carbonyl (C=O) groups excluding carboxylic acids is 1. The van der Waals surface area contributed by atoms with Crippen LogP contribution in [0.5, 0.6) is 0 Å². The molecule has 2 N–H and O–H groups in total. The van der Waals surface area contributed by atoms with Gasteiger partial charge in [0.15, 0.2) is 0 Å². The van der Waals surface area contributed by atoms with Crippen LogP contribution in [0.4, 0.5) is 17.6 Å². The van der Waals surface area contributed by atoms with Crippen molar-refractivity contribution in [1.29, 1.82) is 0 Å². The standard InChI is InChI=1S/C30H31F4N3O2/c1-28(2)37(18-20-6-4-3-5-7-20)29(19-39-28)13-12-22-9-8-21(14-24(22)16-29)17-35-36-27(38)23-10-11-25(26(31)15-23)30(32,33)34/h3-11,14-15,35H,12-13,16-19H2,1-2H3,(H,36,38)/t29-/m0/s1. The van der Waals surface area contributed by atoms with Crippen molar-refractivity contribution in [2.24, 2.45) is 0 Å². The molecule has 1 fully saturated rings. The summed E-state index contributed by atoms with van der Waals surface area (Å²) in [6.07, 6.45) is -2.05. The number of hydrogen-bond donors (Lipinski definition) is 2. The minimum absolute atomic E-state index is 0.126. The van der Waals surface area contributed by atoms with E-state index in [1.807, 2.05) is 24.3 Å². The highest BCUT2D eigenvalue weighted by atomic mass is 19.4. The Balaban J connectivity index is 1.25. The lowest BCUT2D eigenvalue weighted by Crippen LogP contribution is -2.54. The zero-order chi connectivity index (χ0) is 27.8. The Bertz CT molecular complexity index is 1360. The lowest BCUT2D eigenvalue weighted by atomic mass is 9.76. The van der Waals surface area contributed by atoms with Crippen molar-refractivity contribution in [3.05, 3.63) is 106 Å². The summed E-state index contributed by atoms with van der Waals surface area (Å²) in [6, 6.07) is 18.7. The Morgan fingerprint density at radius 2 is 1.77 bits per heavy atom. The number of amides is 1. The number of aryl methyl sites for hydroxylation is 1. The average molecular weight is 542 g/mol. The Kier molecular flexibility index (Phi) is 7.26. The van der Waals surface area contributed by atoms with E-state index in [0.29, 0.717) is 25.3 Å². The van der Waals surface area contributed by atoms with E-state index in [1.165, 1.54) is 16.7 Å². The second-order valence-corrected chi connectivity index (χ2v) is 10.8.